The van der Waals surface area contributed by atoms with Gasteiger partial charge in [0.15, 0.2) is 0 Å². The van der Waals surface area contributed by atoms with Crippen LogP contribution in [0.5, 0.6) is 5.75 Å². The number of hydrazine groups is 1. The maximum Gasteiger partial charge on any atom is 0.242 e. The van der Waals surface area contributed by atoms with Gasteiger partial charge in [-0.1, -0.05) is 24.6 Å². The molecule has 2 heterocycles. The number of likely N-dealkylation sites (N-methyl/N-ethyl adjacent to an activating group) is 1. The number of nitrogens with zero attached hydrogens (tertiary/aromatic N) is 5. The zero-order valence-corrected chi connectivity index (χ0v) is 19.2. The van der Waals surface area contributed by atoms with E-state index in [2.05, 4.69) is 20.4 Å². The number of nitrogens with two attached hydrogens (primary N) is 2. The van der Waals surface area contributed by atoms with E-state index >= 15 is 0 Å². The fraction of sp³-hybridized carbons (Fsp3) is 0.375. The van der Waals surface area contributed by atoms with E-state index in [-0.39, 0.29) is 6.10 Å². The largest absolute Gasteiger partial charge is 0.489 e. The highest BCUT2D eigenvalue weighted by molar-refractivity contribution is 5.64. The van der Waals surface area contributed by atoms with Crippen LogP contribution in [-0.2, 0) is 0 Å². The van der Waals surface area contributed by atoms with Gasteiger partial charge >= 0.3 is 0 Å². The molecule has 9 heteroatoms. The van der Waals surface area contributed by atoms with Gasteiger partial charge in [-0.2, -0.15) is 0 Å². The highest BCUT2D eigenvalue weighted by atomic mass is 16.5. The molecule has 3 aromatic rings. The molecule has 4 rings (SSSR count). The van der Waals surface area contributed by atoms with Crippen molar-refractivity contribution in [3.8, 4) is 11.4 Å². The summed E-state index contributed by atoms with van der Waals surface area (Å²) in [5, 5.41) is 9.14. The fourth-order valence-electron chi connectivity index (χ4n) is 3.96. The van der Waals surface area contributed by atoms with Crippen molar-refractivity contribution in [2.75, 3.05) is 18.9 Å². The van der Waals surface area contributed by atoms with Gasteiger partial charge in [0, 0.05) is 7.05 Å². The number of pyridine rings is 1. The lowest BCUT2D eigenvalue weighted by Gasteiger charge is -2.24. The molecule has 5 N–H and O–H groups in total. The molecule has 0 bridgehead atoms. The Morgan fingerprint density at radius 1 is 1.15 bits per heavy atom. The van der Waals surface area contributed by atoms with Crippen LogP contribution in [0.2, 0.25) is 0 Å². The Hall–Kier alpha value is -3.59. The van der Waals surface area contributed by atoms with E-state index in [1.165, 1.54) is 24.3 Å². The molecule has 0 aliphatic heterocycles. The number of aromatic nitrogens is 4. The zero-order valence-electron chi connectivity index (χ0n) is 19.2. The summed E-state index contributed by atoms with van der Waals surface area (Å²) in [6, 6.07) is 13.6. The summed E-state index contributed by atoms with van der Waals surface area (Å²) in [5.74, 6) is 7.38. The molecule has 2 aromatic heterocycles. The number of aryl methyl sites for hydroxylation is 1. The number of hydrogen-bond acceptors (Lipinski definition) is 8. The summed E-state index contributed by atoms with van der Waals surface area (Å²) in [6.07, 6.45) is 7.88. The first-order chi connectivity index (χ1) is 16.0. The van der Waals surface area contributed by atoms with Crippen molar-refractivity contribution in [3.63, 3.8) is 0 Å². The van der Waals surface area contributed by atoms with Crippen LogP contribution in [0.3, 0.4) is 0 Å². The van der Waals surface area contributed by atoms with Crippen LogP contribution < -0.4 is 21.6 Å². The summed E-state index contributed by atoms with van der Waals surface area (Å²) in [4.78, 5) is 9.01. The first-order valence-electron chi connectivity index (χ1n) is 11.3. The Balaban J connectivity index is 1.47. The van der Waals surface area contributed by atoms with Crippen molar-refractivity contribution in [1.82, 2.24) is 24.8 Å². The van der Waals surface area contributed by atoms with E-state index in [0.717, 1.165) is 30.0 Å². The van der Waals surface area contributed by atoms with E-state index < -0.39 is 0 Å². The monoisotopic (exact) mass is 448 g/mol. The van der Waals surface area contributed by atoms with Gasteiger partial charge < -0.3 is 20.8 Å². The summed E-state index contributed by atoms with van der Waals surface area (Å²) in [5.41, 5.74) is 10.0. The van der Waals surface area contributed by atoms with Crippen LogP contribution in [0, 0.1) is 6.92 Å². The minimum absolute atomic E-state index is 0.274. The van der Waals surface area contributed by atoms with E-state index in [4.69, 9.17) is 16.3 Å². The topological polar surface area (TPSA) is 120 Å². The van der Waals surface area contributed by atoms with Gasteiger partial charge in [0.25, 0.3) is 0 Å². The molecule has 1 fully saturated rings. The normalized spacial score (nSPS) is 15.1. The maximum atomic E-state index is 6.47. The molecular weight excluding hydrogens is 416 g/mol. The number of benzene rings is 1. The van der Waals surface area contributed by atoms with Crippen LogP contribution >= 0.6 is 0 Å². The van der Waals surface area contributed by atoms with Crippen molar-refractivity contribution in [1.29, 1.82) is 0 Å². The van der Waals surface area contributed by atoms with Crippen molar-refractivity contribution in [2.24, 2.45) is 11.6 Å². The van der Waals surface area contributed by atoms with Gasteiger partial charge in [0.1, 0.15) is 12.1 Å². The molecule has 1 saturated carbocycles. The summed E-state index contributed by atoms with van der Waals surface area (Å²) < 4.78 is 7.89. The van der Waals surface area contributed by atoms with Gasteiger partial charge in [0.2, 0.25) is 5.95 Å². The third-order valence-corrected chi connectivity index (χ3v) is 5.82. The van der Waals surface area contributed by atoms with Gasteiger partial charge in [0.05, 0.1) is 41.1 Å². The standard InChI is InChI=1S/C24H32N8O/c1-17-22(33-19-11-7-4-8-12-19)14-13-20(29-17)23(25)21(31(2)26)15-27-24-28-16-32(30-24)18-9-5-3-6-10-18/h3,5-6,9-10,13-14,16,19H,4,7-8,11-12,15,25-26H2,1-2H3,(H,27,30)/b23-21-. The van der Waals surface area contributed by atoms with Crippen molar-refractivity contribution in [3.05, 3.63) is 65.9 Å². The molecule has 0 amide bonds. The van der Waals surface area contributed by atoms with Crippen molar-refractivity contribution in [2.45, 2.75) is 45.1 Å². The highest BCUT2D eigenvalue weighted by Crippen LogP contribution is 2.26. The molecule has 9 nitrogen and oxygen atoms in total. The van der Waals surface area contributed by atoms with Crippen LogP contribution in [0.1, 0.15) is 43.5 Å². The van der Waals surface area contributed by atoms with Gasteiger partial charge in [-0.15, -0.1) is 5.10 Å². The van der Waals surface area contributed by atoms with Crippen LogP contribution in [0.25, 0.3) is 11.4 Å². The molecular formula is C24H32N8O. The van der Waals surface area contributed by atoms with Crippen LogP contribution in [0.4, 0.5) is 5.95 Å². The smallest absolute Gasteiger partial charge is 0.242 e. The Kier molecular flexibility index (Phi) is 7.09. The Bertz CT molecular complexity index is 1090. The average molecular weight is 449 g/mol. The predicted octanol–water partition coefficient (Wildman–Crippen LogP) is 3.23. The second kappa shape index (κ2) is 10.4. The number of ether oxygens (including phenoxy) is 1. The molecule has 1 aliphatic carbocycles. The number of hydrogen-bond donors (Lipinski definition) is 3. The van der Waals surface area contributed by atoms with Gasteiger partial charge in [-0.3, -0.25) is 0 Å². The third-order valence-electron chi connectivity index (χ3n) is 5.82. The SMILES string of the molecule is Cc1nc(/C(N)=C(\CNc2ncn(-c3ccccc3)n2)N(C)N)ccc1OC1CCCCC1. The molecule has 0 unspecified atom stereocenters. The lowest BCUT2D eigenvalue weighted by Crippen LogP contribution is -2.32. The number of nitrogens with one attached hydrogen (secondary N) is 1. The quantitative estimate of drug-likeness (QED) is 0.355. The average Bonchev–Trinajstić information content (AvgIpc) is 3.30. The summed E-state index contributed by atoms with van der Waals surface area (Å²) in [6.45, 7) is 2.29. The first kappa shape index (κ1) is 22.6. The number of rotatable bonds is 8. The van der Waals surface area contributed by atoms with Gasteiger partial charge in [-0.25, -0.2) is 20.5 Å². The predicted molar refractivity (Wildman–Crippen MR) is 129 cm³/mol. The summed E-state index contributed by atoms with van der Waals surface area (Å²) >= 11 is 0. The van der Waals surface area contributed by atoms with E-state index in [1.807, 2.05) is 49.4 Å². The Morgan fingerprint density at radius 2 is 1.91 bits per heavy atom. The first-order valence-corrected chi connectivity index (χ1v) is 11.3. The molecule has 1 aliphatic rings. The second-order valence-electron chi connectivity index (χ2n) is 8.33. The van der Waals surface area contributed by atoms with Crippen molar-refractivity contribution < 1.29 is 4.74 Å². The zero-order chi connectivity index (χ0) is 23.2. The lowest BCUT2D eigenvalue weighted by molar-refractivity contribution is 0.153. The highest BCUT2D eigenvalue weighted by Gasteiger charge is 2.17. The minimum Gasteiger partial charge on any atom is -0.489 e. The van der Waals surface area contributed by atoms with Crippen molar-refractivity contribution >= 4 is 11.6 Å². The third kappa shape index (κ3) is 5.61. The molecule has 1 aromatic carbocycles. The van der Waals surface area contributed by atoms with E-state index in [1.54, 1.807) is 18.1 Å². The summed E-state index contributed by atoms with van der Waals surface area (Å²) in [7, 11) is 1.74. The van der Waals surface area contributed by atoms with Crippen LogP contribution in [-0.4, -0.2) is 44.5 Å². The second-order valence-corrected chi connectivity index (χ2v) is 8.33. The van der Waals surface area contributed by atoms with Gasteiger partial charge in [-0.05, 0) is 56.9 Å². The van der Waals surface area contributed by atoms with Crippen LogP contribution in [0.15, 0.2) is 54.5 Å². The molecule has 33 heavy (non-hydrogen) atoms. The Morgan fingerprint density at radius 3 is 2.61 bits per heavy atom. The maximum absolute atomic E-state index is 6.47. The van der Waals surface area contributed by atoms with E-state index in [9.17, 15) is 0 Å². The molecule has 174 valence electrons. The molecule has 0 radical (unpaired) electrons. The fourth-order valence-corrected chi connectivity index (χ4v) is 3.96. The molecule has 0 spiro atoms. The lowest BCUT2D eigenvalue weighted by atomic mass is 9.98. The number of anilines is 1. The minimum atomic E-state index is 0.274. The molecule has 0 atom stereocenters. The van der Waals surface area contributed by atoms with E-state index in [0.29, 0.717) is 29.6 Å². The number of para-hydroxylation sites is 1. The Labute approximate surface area is 194 Å². The molecule has 0 saturated heterocycles.